The standard InChI is InChI=1S/C37H34N7O2/c1-45-36-19-30-15-16-44(23-31(30)20-37(36)46-2,24-32-21-42(40-38-32)34-13-11-26-7-3-5-9-28(26)17-34)25-33-22-43(41-39-33)35-14-12-27-8-4-6-10-29(27)18-35/h3-14,17-22H,15-16,23-25H2,1-2H3/q+1. The second kappa shape index (κ2) is 11.4. The van der Waals surface area contributed by atoms with E-state index in [9.17, 15) is 0 Å². The van der Waals surface area contributed by atoms with Gasteiger partial charge in [-0.1, -0.05) is 71.1 Å². The summed E-state index contributed by atoms with van der Waals surface area (Å²) in [6.45, 7) is 3.10. The van der Waals surface area contributed by atoms with Crippen molar-refractivity contribution in [3.63, 3.8) is 0 Å². The van der Waals surface area contributed by atoms with Crippen LogP contribution in [-0.2, 0) is 26.1 Å². The number of fused-ring (bicyclic) bond motifs is 3. The molecule has 0 spiro atoms. The largest absolute Gasteiger partial charge is 0.493 e. The summed E-state index contributed by atoms with van der Waals surface area (Å²) in [5.74, 6) is 1.50. The minimum Gasteiger partial charge on any atom is -0.493 e. The van der Waals surface area contributed by atoms with Crippen LogP contribution in [0.25, 0.3) is 32.9 Å². The first kappa shape index (κ1) is 28.0. The van der Waals surface area contributed by atoms with Crippen LogP contribution in [0.2, 0.25) is 0 Å². The van der Waals surface area contributed by atoms with Crippen LogP contribution in [0.5, 0.6) is 11.5 Å². The first-order valence-electron chi connectivity index (χ1n) is 15.5. The van der Waals surface area contributed by atoms with Gasteiger partial charge >= 0.3 is 0 Å². The molecule has 0 aliphatic carbocycles. The zero-order chi connectivity index (χ0) is 31.1. The van der Waals surface area contributed by atoms with Gasteiger partial charge in [-0.15, -0.1) is 10.2 Å². The predicted molar refractivity (Wildman–Crippen MR) is 177 cm³/mol. The topological polar surface area (TPSA) is 79.9 Å². The van der Waals surface area contributed by atoms with E-state index in [4.69, 9.17) is 9.47 Å². The Labute approximate surface area is 266 Å². The summed E-state index contributed by atoms with van der Waals surface area (Å²) >= 11 is 0. The highest BCUT2D eigenvalue weighted by Gasteiger charge is 2.36. The van der Waals surface area contributed by atoms with Crippen molar-refractivity contribution in [2.24, 2.45) is 0 Å². The Morgan fingerprint density at radius 1 is 0.609 bits per heavy atom. The molecule has 0 N–H and O–H groups in total. The van der Waals surface area contributed by atoms with Crippen LogP contribution in [0.1, 0.15) is 22.5 Å². The predicted octanol–water partition coefficient (Wildman–Crippen LogP) is 6.44. The average molecular weight is 609 g/mol. The van der Waals surface area contributed by atoms with Crippen molar-refractivity contribution in [2.75, 3.05) is 20.8 Å². The normalized spacial score (nSPS) is 14.0. The van der Waals surface area contributed by atoms with E-state index in [1.54, 1.807) is 14.2 Å². The van der Waals surface area contributed by atoms with E-state index in [0.29, 0.717) is 13.1 Å². The molecule has 0 bridgehead atoms. The maximum absolute atomic E-state index is 5.69. The van der Waals surface area contributed by atoms with Crippen molar-refractivity contribution in [1.29, 1.82) is 0 Å². The number of aromatic nitrogens is 6. The molecule has 0 atom stereocenters. The van der Waals surface area contributed by atoms with Crippen LogP contribution in [-0.4, -0.2) is 55.2 Å². The molecule has 3 heterocycles. The molecule has 0 fully saturated rings. The molecule has 0 radical (unpaired) electrons. The van der Waals surface area contributed by atoms with Gasteiger partial charge in [-0.2, -0.15) is 0 Å². The molecule has 1 aliphatic rings. The number of hydrogen-bond donors (Lipinski definition) is 0. The van der Waals surface area contributed by atoms with E-state index < -0.39 is 0 Å². The number of ether oxygens (including phenoxy) is 2. The Morgan fingerprint density at radius 2 is 1.11 bits per heavy atom. The van der Waals surface area contributed by atoms with Crippen LogP contribution in [0.3, 0.4) is 0 Å². The summed E-state index contributed by atoms with van der Waals surface area (Å²) < 4.78 is 15.8. The second-order valence-electron chi connectivity index (χ2n) is 12.1. The summed E-state index contributed by atoms with van der Waals surface area (Å²) in [5.41, 5.74) is 6.36. The molecule has 9 nitrogen and oxygen atoms in total. The first-order valence-corrected chi connectivity index (χ1v) is 15.5. The fourth-order valence-electron chi connectivity index (χ4n) is 6.79. The second-order valence-corrected chi connectivity index (χ2v) is 12.1. The van der Waals surface area contributed by atoms with Crippen molar-refractivity contribution < 1.29 is 14.0 Å². The van der Waals surface area contributed by atoms with Gasteiger partial charge in [0.1, 0.15) is 31.0 Å². The minimum absolute atomic E-state index is 0.699. The molecular formula is C37H34N7O2+. The third kappa shape index (κ3) is 5.24. The summed E-state index contributed by atoms with van der Waals surface area (Å²) in [4.78, 5) is 0. The third-order valence-corrected chi connectivity index (χ3v) is 9.14. The summed E-state index contributed by atoms with van der Waals surface area (Å²) in [6, 6.07) is 33.7. The number of methoxy groups -OCH3 is 2. The lowest BCUT2D eigenvalue weighted by molar-refractivity contribution is -0.968. The fourth-order valence-corrected chi connectivity index (χ4v) is 6.79. The zero-order valence-corrected chi connectivity index (χ0v) is 25.9. The molecule has 0 unspecified atom stereocenters. The number of benzene rings is 5. The first-order chi connectivity index (χ1) is 22.6. The molecule has 228 valence electrons. The van der Waals surface area contributed by atoms with E-state index in [-0.39, 0.29) is 0 Å². The van der Waals surface area contributed by atoms with Gasteiger partial charge in [-0.05, 0) is 63.5 Å². The molecule has 0 saturated carbocycles. The van der Waals surface area contributed by atoms with Crippen molar-refractivity contribution >= 4 is 21.5 Å². The maximum atomic E-state index is 5.69. The molecule has 0 saturated heterocycles. The number of hydrogen-bond acceptors (Lipinski definition) is 6. The van der Waals surface area contributed by atoms with E-state index >= 15 is 0 Å². The van der Waals surface area contributed by atoms with Gasteiger partial charge in [0.05, 0.1) is 44.5 Å². The Hall–Kier alpha value is -5.54. The van der Waals surface area contributed by atoms with E-state index in [1.165, 1.54) is 32.7 Å². The van der Waals surface area contributed by atoms with Crippen LogP contribution in [0, 0.1) is 0 Å². The van der Waals surface area contributed by atoms with Gasteiger partial charge < -0.3 is 14.0 Å². The Bertz CT molecular complexity index is 2080. The van der Waals surface area contributed by atoms with E-state index in [0.717, 1.165) is 58.3 Å². The molecule has 9 heteroatoms. The minimum atomic E-state index is 0.699. The van der Waals surface area contributed by atoms with Gasteiger partial charge in [0.2, 0.25) is 0 Å². The summed E-state index contributed by atoms with van der Waals surface area (Å²) in [5, 5.41) is 23.2. The molecule has 1 aliphatic heterocycles. The molecule has 5 aromatic carbocycles. The van der Waals surface area contributed by atoms with E-state index in [2.05, 4.69) is 130 Å². The SMILES string of the molecule is COc1cc2c(cc1OC)C[N+](Cc1cn(-c3ccc4ccccc4c3)nn1)(Cc1cn(-c3ccc4ccccc4c3)nn1)CC2. The number of nitrogens with zero attached hydrogens (tertiary/aromatic N) is 7. The third-order valence-electron chi connectivity index (χ3n) is 9.14. The highest BCUT2D eigenvalue weighted by Crippen LogP contribution is 2.37. The molecule has 8 rings (SSSR count). The van der Waals surface area contributed by atoms with Crippen molar-refractivity contribution in [1.82, 2.24) is 30.0 Å². The van der Waals surface area contributed by atoms with Gasteiger partial charge in [-0.3, -0.25) is 0 Å². The lowest BCUT2D eigenvalue weighted by atomic mass is 9.96. The average Bonchev–Trinajstić information content (AvgIpc) is 3.77. The highest BCUT2D eigenvalue weighted by atomic mass is 16.5. The zero-order valence-electron chi connectivity index (χ0n) is 25.9. The van der Waals surface area contributed by atoms with Crippen LogP contribution < -0.4 is 9.47 Å². The molecule has 0 amide bonds. The Morgan fingerprint density at radius 3 is 1.63 bits per heavy atom. The van der Waals surface area contributed by atoms with Crippen LogP contribution in [0.15, 0.2) is 109 Å². The molecule has 7 aromatic rings. The van der Waals surface area contributed by atoms with Crippen molar-refractivity contribution in [2.45, 2.75) is 26.1 Å². The summed E-state index contributed by atoms with van der Waals surface area (Å²) in [7, 11) is 3.37. The lowest BCUT2D eigenvalue weighted by Crippen LogP contribution is -2.49. The van der Waals surface area contributed by atoms with Crippen molar-refractivity contribution in [3.05, 3.63) is 132 Å². The van der Waals surface area contributed by atoms with Gasteiger partial charge in [-0.25, -0.2) is 9.36 Å². The maximum Gasteiger partial charge on any atom is 0.161 e. The number of quaternary nitrogens is 1. The quantitative estimate of drug-likeness (QED) is 0.185. The van der Waals surface area contributed by atoms with Crippen LogP contribution >= 0.6 is 0 Å². The number of rotatable bonds is 8. The smallest absolute Gasteiger partial charge is 0.161 e. The van der Waals surface area contributed by atoms with Crippen molar-refractivity contribution in [3.8, 4) is 22.9 Å². The molecular weight excluding hydrogens is 574 g/mol. The molecule has 2 aromatic heterocycles. The van der Waals surface area contributed by atoms with Gasteiger partial charge in [0.25, 0.3) is 0 Å². The summed E-state index contributed by atoms with van der Waals surface area (Å²) in [6.07, 6.45) is 5.01. The Balaban J connectivity index is 1.13. The fraction of sp³-hybridized carbons (Fsp3) is 0.189. The van der Waals surface area contributed by atoms with Crippen LogP contribution in [0.4, 0.5) is 0 Å². The highest BCUT2D eigenvalue weighted by molar-refractivity contribution is 5.85. The van der Waals surface area contributed by atoms with Gasteiger partial charge in [0, 0.05) is 12.0 Å². The van der Waals surface area contributed by atoms with E-state index in [1.807, 2.05) is 9.36 Å². The monoisotopic (exact) mass is 608 g/mol. The van der Waals surface area contributed by atoms with Gasteiger partial charge in [0.15, 0.2) is 11.5 Å². The lowest BCUT2D eigenvalue weighted by Gasteiger charge is -2.41. The Kier molecular flexibility index (Phi) is 6.95. The molecule has 46 heavy (non-hydrogen) atoms.